The molecule has 4 rings (SSSR count). The van der Waals surface area contributed by atoms with Crippen LogP contribution in [-0.4, -0.2) is 48.3 Å². The van der Waals surface area contributed by atoms with Crippen molar-refractivity contribution in [2.75, 3.05) is 24.6 Å². The second-order valence-electron chi connectivity index (χ2n) is 9.32. The molecule has 0 spiro atoms. The number of ether oxygens (including phenoxy) is 1. The van der Waals surface area contributed by atoms with Crippen molar-refractivity contribution in [3.63, 3.8) is 0 Å². The maximum absolute atomic E-state index is 13.1. The van der Waals surface area contributed by atoms with E-state index in [1.807, 2.05) is 26.0 Å². The van der Waals surface area contributed by atoms with Gasteiger partial charge in [0, 0.05) is 13.1 Å². The van der Waals surface area contributed by atoms with Crippen molar-refractivity contribution in [2.45, 2.75) is 34.1 Å². The molecule has 2 heterocycles. The molecule has 1 fully saturated rings. The average Bonchev–Trinajstić information content (AvgIpc) is 3.02. The number of anilines is 1. The van der Waals surface area contributed by atoms with Crippen molar-refractivity contribution in [3.8, 4) is 0 Å². The standard InChI is InChI=1S/C26H28N2O5/c1-15-5-6-18(4)22(10-15)28-24(30)20-8-7-19(11-21(20)25(28)31)26(32)33-14-23(29)27-12-16(2)9-17(3)13-27/h5-8,10-11,16-17H,9,12-14H2,1-4H3/t16-,17-/m0/s1. The lowest BCUT2D eigenvalue weighted by Gasteiger charge is -2.34. The number of benzene rings is 2. The zero-order valence-corrected chi connectivity index (χ0v) is 19.4. The molecular weight excluding hydrogens is 420 g/mol. The SMILES string of the molecule is Cc1ccc(C)c(N2C(=O)c3ccc(C(=O)OCC(=O)N4C[C@@H](C)C[C@H](C)C4)cc3C2=O)c1. The van der Waals surface area contributed by atoms with Crippen LogP contribution in [-0.2, 0) is 9.53 Å². The number of hydrogen-bond acceptors (Lipinski definition) is 5. The van der Waals surface area contributed by atoms with Gasteiger partial charge in [-0.2, -0.15) is 0 Å². The maximum atomic E-state index is 13.1. The van der Waals surface area contributed by atoms with Crippen LogP contribution in [0.4, 0.5) is 5.69 Å². The Balaban J connectivity index is 1.48. The van der Waals surface area contributed by atoms with Gasteiger partial charge in [0.2, 0.25) is 0 Å². The molecule has 2 aromatic rings. The smallest absolute Gasteiger partial charge is 0.338 e. The first-order valence-corrected chi connectivity index (χ1v) is 11.2. The van der Waals surface area contributed by atoms with Gasteiger partial charge in [0.15, 0.2) is 6.61 Å². The first-order valence-electron chi connectivity index (χ1n) is 11.2. The molecule has 0 N–H and O–H groups in total. The Morgan fingerprint density at radius 1 is 0.939 bits per heavy atom. The average molecular weight is 449 g/mol. The second-order valence-corrected chi connectivity index (χ2v) is 9.32. The van der Waals surface area contributed by atoms with Crippen molar-refractivity contribution in [2.24, 2.45) is 11.8 Å². The molecule has 0 saturated carbocycles. The highest BCUT2D eigenvalue weighted by atomic mass is 16.5. The number of amides is 3. The Kier molecular flexibility index (Phi) is 6.06. The molecule has 3 amide bonds. The molecule has 0 aromatic heterocycles. The number of fused-ring (bicyclic) bond motifs is 1. The van der Waals surface area contributed by atoms with Gasteiger partial charge in [0.25, 0.3) is 17.7 Å². The van der Waals surface area contributed by atoms with Crippen molar-refractivity contribution in [1.29, 1.82) is 0 Å². The fourth-order valence-corrected chi connectivity index (χ4v) is 4.72. The zero-order chi connectivity index (χ0) is 23.9. The van der Waals surface area contributed by atoms with Crippen LogP contribution in [0.15, 0.2) is 36.4 Å². The third-order valence-electron chi connectivity index (χ3n) is 6.28. The number of piperidine rings is 1. The van der Waals surface area contributed by atoms with Crippen LogP contribution < -0.4 is 4.90 Å². The Morgan fingerprint density at radius 2 is 1.61 bits per heavy atom. The van der Waals surface area contributed by atoms with E-state index in [0.29, 0.717) is 30.6 Å². The number of carbonyl (C=O) groups excluding carboxylic acids is 4. The minimum Gasteiger partial charge on any atom is -0.452 e. The van der Waals surface area contributed by atoms with Crippen molar-refractivity contribution in [1.82, 2.24) is 4.90 Å². The largest absolute Gasteiger partial charge is 0.452 e. The lowest BCUT2D eigenvalue weighted by molar-refractivity contribution is -0.137. The van der Waals surface area contributed by atoms with E-state index in [1.54, 1.807) is 11.0 Å². The van der Waals surface area contributed by atoms with Gasteiger partial charge >= 0.3 is 5.97 Å². The molecule has 2 atom stereocenters. The number of aryl methyl sites for hydroxylation is 2. The van der Waals surface area contributed by atoms with E-state index in [4.69, 9.17) is 4.74 Å². The van der Waals surface area contributed by atoms with Crippen LogP contribution in [0.5, 0.6) is 0 Å². The van der Waals surface area contributed by atoms with Gasteiger partial charge < -0.3 is 9.64 Å². The van der Waals surface area contributed by atoms with Crippen molar-refractivity contribution in [3.05, 3.63) is 64.2 Å². The summed E-state index contributed by atoms with van der Waals surface area (Å²) in [6.45, 7) is 8.90. The van der Waals surface area contributed by atoms with Gasteiger partial charge in [0.05, 0.1) is 22.4 Å². The third kappa shape index (κ3) is 4.40. The summed E-state index contributed by atoms with van der Waals surface area (Å²) in [6, 6.07) is 9.86. The topological polar surface area (TPSA) is 84.0 Å². The van der Waals surface area contributed by atoms with Crippen LogP contribution in [0.1, 0.15) is 62.5 Å². The summed E-state index contributed by atoms with van der Waals surface area (Å²) in [5, 5.41) is 0. The summed E-state index contributed by atoms with van der Waals surface area (Å²) >= 11 is 0. The van der Waals surface area contributed by atoms with E-state index in [2.05, 4.69) is 13.8 Å². The highest BCUT2D eigenvalue weighted by molar-refractivity contribution is 6.35. The maximum Gasteiger partial charge on any atom is 0.338 e. The van der Waals surface area contributed by atoms with E-state index < -0.39 is 17.8 Å². The molecule has 2 aliphatic heterocycles. The molecule has 172 valence electrons. The van der Waals surface area contributed by atoms with Gasteiger partial charge in [-0.15, -0.1) is 0 Å². The van der Waals surface area contributed by atoms with Gasteiger partial charge in [-0.25, -0.2) is 9.69 Å². The molecule has 33 heavy (non-hydrogen) atoms. The fourth-order valence-electron chi connectivity index (χ4n) is 4.72. The molecule has 0 radical (unpaired) electrons. The monoisotopic (exact) mass is 448 g/mol. The van der Waals surface area contributed by atoms with E-state index in [-0.39, 0.29) is 29.2 Å². The Labute approximate surface area is 193 Å². The molecule has 7 heteroatoms. The predicted molar refractivity (Wildman–Crippen MR) is 123 cm³/mol. The zero-order valence-electron chi connectivity index (χ0n) is 19.4. The second kappa shape index (κ2) is 8.81. The van der Waals surface area contributed by atoms with Crippen LogP contribution in [0.3, 0.4) is 0 Å². The molecule has 1 saturated heterocycles. The Bertz CT molecular complexity index is 1150. The van der Waals surface area contributed by atoms with E-state index >= 15 is 0 Å². The highest BCUT2D eigenvalue weighted by Gasteiger charge is 2.38. The third-order valence-corrected chi connectivity index (χ3v) is 6.28. The Hall–Kier alpha value is -3.48. The minimum absolute atomic E-state index is 0.130. The van der Waals surface area contributed by atoms with E-state index in [1.165, 1.54) is 18.2 Å². The van der Waals surface area contributed by atoms with Crippen molar-refractivity contribution < 1.29 is 23.9 Å². The molecule has 0 bridgehead atoms. The number of esters is 1. The summed E-state index contributed by atoms with van der Waals surface area (Å²) in [7, 11) is 0. The first-order chi connectivity index (χ1) is 15.7. The number of imide groups is 1. The molecular formula is C26H28N2O5. The number of likely N-dealkylation sites (tertiary alicyclic amines) is 1. The predicted octanol–water partition coefficient (Wildman–Crippen LogP) is 3.77. The van der Waals surface area contributed by atoms with Crippen LogP contribution in [0.25, 0.3) is 0 Å². The first kappa shape index (κ1) is 22.7. The molecule has 7 nitrogen and oxygen atoms in total. The van der Waals surface area contributed by atoms with Gasteiger partial charge in [-0.05, 0) is 67.5 Å². The summed E-state index contributed by atoms with van der Waals surface area (Å²) in [5.41, 5.74) is 2.78. The van der Waals surface area contributed by atoms with E-state index in [9.17, 15) is 19.2 Å². The lowest BCUT2D eigenvalue weighted by atomic mass is 9.92. The summed E-state index contributed by atoms with van der Waals surface area (Å²) in [4.78, 5) is 54.0. The number of rotatable bonds is 4. The molecule has 2 aromatic carbocycles. The number of nitrogens with zero attached hydrogens (tertiary/aromatic N) is 2. The van der Waals surface area contributed by atoms with E-state index in [0.717, 1.165) is 22.4 Å². The van der Waals surface area contributed by atoms with Crippen molar-refractivity contribution >= 4 is 29.4 Å². The normalized spacial score (nSPS) is 20.1. The number of hydrogen-bond donors (Lipinski definition) is 0. The molecule has 2 aliphatic rings. The summed E-state index contributed by atoms with van der Waals surface area (Å²) in [5.74, 6) is -1.01. The highest BCUT2D eigenvalue weighted by Crippen LogP contribution is 2.32. The van der Waals surface area contributed by atoms with Crippen LogP contribution >= 0.6 is 0 Å². The summed E-state index contributed by atoms with van der Waals surface area (Å²) in [6.07, 6.45) is 1.07. The molecule has 0 unspecified atom stereocenters. The fraction of sp³-hybridized carbons (Fsp3) is 0.385. The van der Waals surface area contributed by atoms with Gasteiger partial charge in [-0.3, -0.25) is 14.4 Å². The minimum atomic E-state index is -0.699. The van der Waals surface area contributed by atoms with Crippen LogP contribution in [0, 0.1) is 25.7 Å². The lowest BCUT2D eigenvalue weighted by Crippen LogP contribution is -2.44. The van der Waals surface area contributed by atoms with Gasteiger partial charge in [-0.1, -0.05) is 26.0 Å². The van der Waals surface area contributed by atoms with Crippen LogP contribution in [0.2, 0.25) is 0 Å². The summed E-state index contributed by atoms with van der Waals surface area (Å²) < 4.78 is 5.24. The quantitative estimate of drug-likeness (QED) is 0.525. The Morgan fingerprint density at radius 3 is 2.30 bits per heavy atom. The van der Waals surface area contributed by atoms with Gasteiger partial charge in [0.1, 0.15) is 0 Å². The molecule has 0 aliphatic carbocycles. The number of carbonyl (C=O) groups is 4.